The molecule has 23 heavy (non-hydrogen) atoms. The van der Waals surface area contributed by atoms with Crippen LogP contribution in [0.1, 0.15) is 37.5 Å². The summed E-state index contributed by atoms with van der Waals surface area (Å²) in [6.45, 7) is 4.84. The van der Waals surface area contributed by atoms with Gasteiger partial charge < -0.3 is 9.47 Å². The fraction of sp³-hybridized carbons (Fsp3) is 0.556. The minimum absolute atomic E-state index is 0.176. The fourth-order valence-electron chi connectivity index (χ4n) is 3.55. The molecule has 1 heterocycles. The Labute approximate surface area is 134 Å². The maximum absolute atomic E-state index is 13.3. The summed E-state index contributed by atoms with van der Waals surface area (Å²) in [6.07, 6.45) is 5.72. The third kappa shape index (κ3) is 3.61. The molecule has 0 radical (unpaired) electrons. The normalized spacial score (nSPS) is 31.8. The number of ether oxygens (including phenoxy) is 2. The summed E-state index contributed by atoms with van der Waals surface area (Å²) in [7, 11) is 0. The molecule has 0 spiro atoms. The predicted molar refractivity (Wildman–Crippen MR) is 80.1 cm³/mol. The first-order valence-electron chi connectivity index (χ1n) is 8.08. The van der Waals surface area contributed by atoms with Crippen molar-refractivity contribution in [3.05, 3.63) is 47.8 Å². The van der Waals surface area contributed by atoms with Crippen LogP contribution in [0.2, 0.25) is 0 Å². The number of halogens is 3. The van der Waals surface area contributed by atoms with E-state index >= 15 is 0 Å². The lowest BCUT2D eigenvalue weighted by molar-refractivity contribution is -0.214. The molecule has 0 atom stereocenters. The van der Waals surface area contributed by atoms with Gasteiger partial charge in [0.25, 0.3) is 0 Å². The molecule has 0 N–H and O–H groups in total. The summed E-state index contributed by atoms with van der Waals surface area (Å²) in [5, 5.41) is 0. The van der Waals surface area contributed by atoms with Crippen molar-refractivity contribution in [1.82, 2.24) is 0 Å². The van der Waals surface area contributed by atoms with Crippen molar-refractivity contribution in [3.63, 3.8) is 0 Å². The molecule has 2 fully saturated rings. The second-order valence-corrected chi connectivity index (χ2v) is 6.47. The molecule has 0 unspecified atom stereocenters. The van der Waals surface area contributed by atoms with Gasteiger partial charge in [-0.25, -0.2) is 13.2 Å². The van der Waals surface area contributed by atoms with E-state index in [2.05, 4.69) is 6.58 Å². The first-order chi connectivity index (χ1) is 11.1. The standard InChI is InChI=1S/C18H21F3O2/c1-2-11-3-5-12(6-4-11)14-9-22-18(23-10-14)13-7-15(19)17(21)16(20)8-13/h2,7-8,11-12,14,18H,1,3-6,9-10H2. The van der Waals surface area contributed by atoms with E-state index in [0.717, 1.165) is 37.8 Å². The third-order valence-corrected chi connectivity index (χ3v) is 5.02. The highest BCUT2D eigenvalue weighted by molar-refractivity contribution is 5.20. The summed E-state index contributed by atoms with van der Waals surface area (Å²) >= 11 is 0. The number of rotatable bonds is 3. The van der Waals surface area contributed by atoms with E-state index in [1.54, 1.807) is 0 Å². The van der Waals surface area contributed by atoms with Gasteiger partial charge in [0.1, 0.15) is 0 Å². The third-order valence-electron chi connectivity index (χ3n) is 5.02. The van der Waals surface area contributed by atoms with Crippen LogP contribution in [-0.2, 0) is 9.47 Å². The molecule has 1 aliphatic heterocycles. The maximum Gasteiger partial charge on any atom is 0.194 e. The van der Waals surface area contributed by atoms with E-state index in [1.165, 1.54) is 0 Å². The Balaban J connectivity index is 1.57. The monoisotopic (exact) mass is 326 g/mol. The van der Waals surface area contributed by atoms with E-state index in [4.69, 9.17) is 9.47 Å². The van der Waals surface area contributed by atoms with Gasteiger partial charge >= 0.3 is 0 Å². The van der Waals surface area contributed by atoms with Crippen molar-refractivity contribution < 1.29 is 22.6 Å². The molecule has 0 aromatic heterocycles. The van der Waals surface area contributed by atoms with Crippen LogP contribution in [0.4, 0.5) is 13.2 Å². The Bertz CT molecular complexity index is 536. The SMILES string of the molecule is C=CC1CCC(C2COC(c3cc(F)c(F)c(F)c3)OC2)CC1. The number of hydrogen-bond donors (Lipinski definition) is 0. The first-order valence-corrected chi connectivity index (χ1v) is 8.08. The van der Waals surface area contributed by atoms with Gasteiger partial charge in [0.2, 0.25) is 0 Å². The molecular weight excluding hydrogens is 305 g/mol. The zero-order valence-corrected chi connectivity index (χ0v) is 12.9. The van der Waals surface area contributed by atoms with Gasteiger partial charge in [-0.2, -0.15) is 0 Å². The molecule has 1 aliphatic carbocycles. The minimum Gasteiger partial charge on any atom is -0.348 e. The second-order valence-electron chi connectivity index (χ2n) is 6.47. The molecule has 2 nitrogen and oxygen atoms in total. The predicted octanol–water partition coefficient (Wildman–Crippen LogP) is 4.76. The quantitative estimate of drug-likeness (QED) is 0.589. The average molecular weight is 326 g/mol. The van der Waals surface area contributed by atoms with Crippen LogP contribution < -0.4 is 0 Å². The lowest BCUT2D eigenvalue weighted by Gasteiger charge is -2.37. The smallest absolute Gasteiger partial charge is 0.194 e. The minimum atomic E-state index is -1.47. The lowest BCUT2D eigenvalue weighted by atomic mass is 9.76. The summed E-state index contributed by atoms with van der Waals surface area (Å²) in [5.41, 5.74) is 0.176. The lowest BCUT2D eigenvalue weighted by Crippen LogP contribution is -2.34. The summed E-state index contributed by atoms with van der Waals surface area (Å²) in [4.78, 5) is 0. The van der Waals surface area contributed by atoms with Gasteiger partial charge in [0.15, 0.2) is 23.7 Å². The van der Waals surface area contributed by atoms with Crippen molar-refractivity contribution in [1.29, 1.82) is 0 Å². The Kier molecular flexibility index (Phi) is 5.07. The zero-order valence-electron chi connectivity index (χ0n) is 12.9. The van der Waals surface area contributed by atoms with Crippen molar-refractivity contribution in [2.45, 2.75) is 32.0 Å². The summed E-state index contributed by atoms with van der Waals surface area (Å²) in [5.74, 6) is -2.47. The molecule has 0 bridgehead atoms. The second kappa shape index (κ2) is 7.05. The molecule has 1 saturated carbocycles. The van der Waals surface area contributed by atoms with Crippen molar-refractivity contribution >= 4 is 0 Å². The molecule has 1 saturated heterocycles. The average Bonchev–Trinajstić information content (AvgIpc) is 2.59. The largest absolute Gasteiger partial charge is 0.348 e. The Morgan fingerprint density at radius 3 is 2.00 bits per heavy atom. The highest BCUT2D eigenvalue weighted by Crippen LogP contribution is 2.37. The van der Waals surface area contributed by atoms with Gasteiger partial charge in [0, 0.05) is 11.5 Å². The van der Waals surface area contributed by atoms with Crippen LogP contribution >= 0.6 is 0 Å². The van der Waals surface area contributed by atoms with Crippen molar-refractivity contribution in [3.8, 4) is 0 Å². The summed E-state index contributed by atoms with van der Waals surface area (Å²) in [6, 6.07) is 1.86. The van der Waals surface area contributed by atoms with E-state index in [9.17, 15) is 13.2 Å². The van der Waals surface area contributed by atoms with Crippen LogP contribution in [-0.4, -0.2) is 13.2 Å². The van der Waals surface area contributed by atoms with Gasteiger partial charge in [-0.05, 0) is 49.7 Å². The zero-order chi connectivity index (χ0) is 16.4. The molecule has 2 aliphatic rings. The Hall–Kier alpha value is -1.33. The van der Waals surface area contributed by atoms with E-state index < -0.39 is 23.7 Å². The van der Waals surface area contributed by atoms with E-state index in [1.807, 2.05) is 6.08 Å². The van der Waals surface area contributed by atoms with Crippen LogP contribution in [0.5, 0.6) is 0 Å². The van der Waals surface area contributed by atoms with E-state index in [-0.39, 0.29) is 5.56 Å². The van der Waals surface area contributed by atoms with Gasteiger partial charge in [0.05, 0.1) is 13.2 Å². The Morgan fingerprint density at radius 1 is 0.913 bits per heavy atom. The van der Waals surface area contributed by atoms with E-state index in [0.29, 0.717) is 31.0 Å². The van der Waals surface area contributed by atoms with Gasteiger partial charge in [-0.3, -0.25) is 0 Å². The Morgan fingerprint density at radius 2 is 1.48 bits per heavy atom. The topological polar surface area (TPSA) is 18.5 Å². The number of benzene rings is 1. The highest BCUT2D eigenvalue weighted by Gasteiger charge is 2.32. The fourth-order valence-corrected chi connectivity index (χ4v) is 3.55. The molecule has 5 heteroatoms. The maximum atomic E-state index is 13.3. The first kappa shape index (κ1) is 16.5. The van der Waals surface area contributed by atoms with Crippen LogP contribution in [0.15, 0.2) is 24.8 Å². The highest BCUT2D eigenvalue weighted by atomic mass is 19.2. The van der Waals surface area contributed by atoms with Crippen LogP contribution in [0.3, 0.4) is 0 Å². The summed E-state index contributed by atoms with van der Waals surface area (Å²) < 4.78 is 50.9. The molecule has 1 aromatic carbocycles. The molecule has 1 aromatic rings. The molecule has 126 valence electrons. The van der Waals surface area contributed by atoms with Crippen molar-refractivity contribution in [2.24, 2.45) is 17.8 Å². The number of hydrogen-bond acceptors (Lipinski definition) is 2. The molecular formula is C18H21F3O2. The van der Waals surface area contributed by atoms with Crippen molar-refractivity contribution in [2.75, 3.05) is 13.2 Å². The van der Waals surface area contributed by atoms with Gasteiger partial charge in [-0.1, -0.05) is 6.08 Å². The van der Waals surface area contributed by atoms with Crippen LogP contribution in [0, 0.1) is 35.2 Å². The van der Waals surface area contributed by atoms with Crippen LogP contribution in [0.25, 0.3) is 0 Å². The number of allylic oxidation sites excluding steroid dienone is 1. The van der Waals surface area contributed by atoms with Gasteiger partial charge in [-0.15, -0.1) is 6.58 Å². The molecule has 3 rings (SSSR count). The molecule has 0 amide bonds.